The highest BCUT2D eigenvalue weighted by Gasteiger charge is 2.16. The van der Waals surface area contributed by atoms with Crippen LogP contribution in [0.2, 0.25) is 0 Å². The Morgan fingerprint density at radius 1 is 1.19 bits per heavy atom. The van der Waals surface area contributed by atoms with E-state index in [0.717, 1.165) is 0 Å². The number of nitriles is 1. The van der Waals surface area contributed by atoms with Crippen LogP contribution in [-0.2, 0) is 16.1 Å². The van der Waals surface area contributed by atoms with Crippen LogP contribution in [0.5, 0.6) is 0 Å². The summed E-state index contributed by atoms with van der Waals surface area (Å²) in [4.78, 5) is 24.3. The van der Waals surface area contributed by atoms with Crippen molar-refractivity contribution in [3.05, 3.63) is 77.2 Å². The van der Waals surface area contributed by atoms with Crippen molar-refractivity contribution in [2.75, 3.05) is 11.9 Å². The number of nitrogens with zero attached hydrogens (tertiary/aromatic N) is 1. The van der Waals surface area contributed by atoms with Gasteiger partial charge in [0.15, 0.2) is 0 Å². The maximum Gasteiger partial charge on any atom is 0.340 e. The number of ether oxygens (including phenoxy) is 1. The number of anilines is 1. The van der Waals surface area contributed by atoms with Crippen LogP contribution in [0.1, 0.15) is 22.8 Å². The van der Waals surface area contributed by atoms with Crippen molar-refractivity contribution in [3.8, 4) is 6.07 Å². The average Bonchev–Trinajstić information content (AvgIpc) is 2.67. The van der Waals surface area contributed by atoms with Crippen molar-refractivity contribution >= 4 is 17.6 Å². The molecule has 6 nitrogen and oxygen atoms in total. The zero-order valence-corrected chi connectivity index (χ0v) is 14.7. The molecular formula is C20H18FN3O3. The van der Waals surface area contributed by atoms with Gasteiger partial charge in [-0.3, -0.25) is 4.79 Å². The number of amides is 1. The topological polar surface area (TPSA) is 91.2 Å². The number of hydrogen-bond donors (Lipinski definition) is 2. The first-order chi connectivity index (χ1) is 13.1. The van der Waals surface area contributed by atoms with Crippen molar-refractivity contribution in [3.63, 3.8) is 0 Å². The summed E-state index contributed by atoms with van der Waals surface area (Å²) in [6.45, 7) is 1.99. The first-order valence-corrected chi connectivity index (χ1v) is 8.21. The molecule has 2 N–H and O–H groups in total. The molecule has 0 aliphatic carbocycles. The van der Waals surface area contributed by atoms with E-state index < -0.39 is 11.9 Å². The smallest absolute Gasteiger partial charge is 0.340 e. The molecule has 0 fully saturated rings. The fourth-order valence-electron chi connectivity index (χ4n) is 2.22. The highest BCUT2D eigenvalue weighted by molar-refractivity contribution is 6.09. The van der Waals surface area contributed by atoms with E-state index in [2.05, 4.69) is 10.6 Å². The Morgan fingerprint density at radius 2 is 1.89 bits per heavy atom. The summed E-state index contributed by atoms with van der Waals surface area (Å²) >= 11 is 0. The van der Waals surface area contributed by atoms with E-state index in [0.29, 0.717) is 5.56 Å². The fourth-order valence-corrected chi connectivity index (χ4v) is 2.22. The van der Waals surface area contributed by atoms with Gasteiger partial charge in [-0.05, 0) is 25.1 Å². The molecule has 0 saturated carbocycles. The molecule has 0 unspecified atom stereocenters. The van der Waals surface area contributed by atoms with Gasteiger partial charge >= 0.3 is 5.97 Å². The first-order valence-electron chi connectivity index (χ1n) is 8.21. The molecule has 0 spiro atoms. The summed E-state index contributed by atoms with van der Waals surface area (Å²) in [5.41, 5.74) is 0.601. The second-order valence-electron chi connectivity index (χ2n) is 5.36. The van der Waals surface area contributed by atoms with Crippen molar-refractivity contribution in [2.24, 2.45) is 0 Å². The summed E-state index contributed by atoms with van der Waals surface area (Å²) in [5, 5.41) is 14.5. The number of carbonyl (C=O) groups is 2. The van der Waals surface area contributed by atoms with E-state index in [4.69, 9.17) is 4.74 Å². The third-order valence-electron chi connectivity index (χ3n) is 3.53. The van der Waals surface area contributed by atoms with Crippen LogP contribution in [-0.4, -0.2) is 18.5 Å². The van der Waals surface area contributed by atoms with E-state index in [9.17, 15) is 19.2 Å². The molecule has 0 heterocycles. The molecule has 0 aromatic heterocycles. The molecule has 2 rings (SSSR count). The summed E-state index contributed by atoms with van der Waals surface area (Å²) in [6.07, 6.45) is 1.20. The van der Waals surface area contributed by atoms with Crippen molar-refractivity contribution < 1.29 is 18.7 Å². The predicted molar refractivity (Wildman–Crippen MR) is 98.0 cm³/mol. The van der Waals surface area contributed by atoms with Crippen molar-refractivity contribution in [1.82, 2.24) is 5.32 Å². The second kappa shape index (κ2) is 9.73. The van der Waals surface area contributed by atoms with Crippen LogP contribution >= 0.6 is 0 Å². The SMILES string of the molecule is CCOC(=O)c1ccccc1NC(=O)/C(C#N)=C\NCc1ccccc1F. The van der Waals surface area contributed by atoms with Gasteiger partial charge in [-0.25, -0.2) is 9.18 Å². The molecule has 2 aromatic rings. The molecule has 2 aromatic carbocycles. The lowest BCUT2D eigenvalue weighted by molar-refractivity contribution is -0.112. The summed E-state index contributed by atoms with van der Waals surface area (Å²) in [7, 11) is 0. The van der Waals surface area contributed by atoms with Gasteiger partial charge in [0.25, 0.3) is 5.91 Å². The lowest BCUT2D eigenvalue weighted by Gasteiger charge is -2.10. The number of carbonyl (C=O) groups excluding carboxylic acids is 2. The number of rotatable bonds is 7. The minimum atomic E-state index is -0.699. The van der Waals surface area contributed by atoms with Crippen LogP contribution < -0.4 is 10.6 Å². The van der Waals surface area contributed by atoms with E-state index >= 15 is 0 Å². The van der Waals surface area contributed by atoms with Crippen molar-refractivity contribution in [1.29, 1.82) is 5.26 Å². The molecule has 0 atom stereocenters. The van der Waals surface area contributed by atoms with E-state index in [1.54, 1.807) is 43.3 Å². The Bertz CT molecular complexity index is 903. The van der Waals surface area contributed by atoms with Gasteiger partial charge < -0.3 is 15.4 Å². The normalized spacial score (nSPS) is 10.6. The minimum Gasteiger partial charge on any atom is -0.462 e. The zero-order valence-electron chi connectivity index (χ0n) is 14.7. The molecular weight excluding hydrogens is 349 g/mol. The Kier molecular flexibility index (Phi) is 7.08. The first kappa shape index (κ1) is 19.7. The Labute approximate surface area is 156 Å². The van der Waals surface area contributed by atoms with Gasteiger partial charge in [-0.1, -0.05) is 30.3 Å². The molecule has 138 valence electrons. The lowest BCUT2D eigenvalue weighted by Crippen LogP contribution is -2.19. The molecule has 0 aliphatic heterocycles. The van der Waals surface area contributed by atoms with Crippen LogP contribution in [0.4, 0.5) is 10.1 Å². The van der Waals surface area contributed by atoms with Gasteiger partial charge in [0.1, 0.15) is 17.5 Å². The fraction of sp³-hybridized carbons (Fsp3) is 0.150. The Morgan fingerprint density at radius 3 is 2.59 bits per heavy atom. The minimum absolute atomic E-state index is 0.116. The van der Waals surface area contributed by atoms with E-state index in [-0.39, 0.29) is 35.8 Å². The summed E-state index contributed by atoms with van der Waals surface area (Å²) in [5.74, 6) is -1.66. The van der Waals surface area contributed by atoms with Crippen LogP contribution in [0.25, 0.3) is 0 Å². The number of nitrogens with one attached hydrogen (secondary N) is 2. The number of benzene rings is 2. The van der Waals surface area contributed by atoms with Crippen LogP contribution in [0.15, 0.2) is 60.3 Å². The quantitative estimate of drug-likeness (QED) is 0.446. The third kappa shape index (κ3) is 5.41. The summed E-state index contributed by atoms with van der Waals surface area (Å²) in [6, 6.07) is 14.3. The highest BCUT2D eigenvalue weighted by atomic mass is 19.1. The van der Waals surface area contributed by atoms with E-state index in [1.807, 2.05) is 0 Å². The number of esters is 1. The van der Waals surface area contributed by atoms with Crippen molar-refractivity contribution in [2.45, 2.75) is 13.5 Å². The molecule has 27 heavy (non-hydrogen) atoms. The molecule has 7 heteroatoms. The standard InChI is InChI=1S/C20H18FN3O3/c1-2-27-20(26)16-8-4-6-10-18(16)24-19(25)15(11-22)13-23-12-14-7-3-5-9-17(14)21/h3-10,13,23H,2,12H2,1H3,(H,24,25)/b15-13-. The largest absolute Gasteiger partial charge is 0.462 e. The van der Waals surface area contributed by atoms with Gasteiger partial charge in [-0.15, -0.1) is 0 Å². The van der Waals surface area contributed by atoms with Crippen LogP contribution in [0.3, 0.4) is 0 Å². The molecule has 0 radical (unpaired) electrons. The molecule has 0 saturated heterocycles. The Balaban J connectivity index is 2.08. The number of para-hydroxylation sites is 1. The maximum absolute atomic E-state index is 13.6. The molecule has 0 aliphatic rings. The van der Waals surface area contributed by atoms with Gasteiger partial charge in [0.2, 0.25) is 0 Å². The lowest BCUT2D eigenvalue weighted by atomic mass is 10.1. The maximum atomic E-state index is 13.6. The van der Waals surface area contributed by atoms with Crippen LogP contribution in [0, 0.1) is 17.1 Å². The van der Waals surface area contributed by atoms with Gasteiger partial charge in [0.05, 0.1) is 17.9 Å². The number of hydrogen-bond acceptors (Lipinski definition) is 5. The summed E-state index contributed by atoms with van der Waals surface area (Å²) < 4.78 is 18.5. The average molecular weight is 367 g/mol. The second-order valence-corrected chi connectivity index (χ2v) is 5.36. The van der Waals surface area contributed by atoms with Gasteiger partial charge in [-0.2, -0.15) is 5.26 Å². The molecule has 1 amide bonds. The molecule has 0 bridgehead atoms. The monoisotopic (exact) mass is 367 g/mol. The Hall–Kier alpha value is -3.66. The predicted octanol–water partition coefficient (Wildman–Crippen LogP) is 3.14. The van der Waals surface area contributed by atoms with E-state index in [1.165, 1.54) is 24.4 Å². The zero-order chi connectivity index (χ0) is 19.6. The third-order valence-corrected chi connectivity index (χ3v) is 3.53. The highest BCUT2D eigenvalue weighted by Crippen LogP contribution is 2.17. The number of halogens is 1. The van der Waals surface area contributed by atoms with Gasteiger partial charge in [0, 0.05) is 18.3 Å².